The van der Waals surface area contributed by atoms with Crippen LogP contribution in [0.4, 0.5) is 0 Å². The molecule has 0 bridgehead atoms. The molecular formula is C14H16ClNO2. The Balaban J connectivity index is 2.25. The van der Waals surface area contributed by atoms with E-state index in [1.165, 1.54) is 0 Å². The number of para-hydroxylation sites is 1. The monoisotopic (exact) mass is 265 g/mol. The van der Waals surface area contributed by atoms with E-state index in [4.69, 9.17) is 21.8 Å². The lowest BCUT2D eigenvalue weighted by Crippen LogP contribution is -2.12. The van der Waals surface area contributed by atoms with Crippen LogP contribution in [0.2, 0.25) is 5.02 Å². The Morgan fingerprint density at radius 3 is 2.94 bits per heavy atom. The van der Waals surface area contributed by atoms with Gasteiger partial charge in [0.2, 0.25) is 5.78 Å². The Morgan fingerprint density at radius 2 is 2.28 bits per heavy atom. The van der Waals surface area contributed by atoms with Gasteiger partial charge >= 0.3 is 0 Å². The fourth-order valence-corrected chi connectivity index (χ4v) is 2.17. The maximum atomic E-state index is 12.2. The molecule has 1 aromatic heterocycles. The topological polar surface area (TPSA) is 56.2 Å². The average Bonchev–Trinajstić information content (AvgIpc) is 2.80. The van der Waals surface area contributed by atoms with Crippen molar-refractivity contribution in [1.82, 2.24) is 0 Å². The number of Topliss-reactive ketones (excluding diaryl/α,β-unsaturated/α-hetero) is 1. The molecule has 4 heteroatoms. The number of benzene rings is 1. The summed E-state index contributed by atoms with van der Waals surface area (Å²) in [7, 11) is 0. The molecule has 0 saturated carbocycles. The number of halogens is 1. The van der Waals surface area contributed by atoms with E-state index in [0.29, 0.717) is 22.9 Å². The van der Waals surface area contributed by atoms with Gasteiger partial charge in [0.05, 0.1) is 5.02 Å². The van der Waals surface area contributed by atoms with Gasteiger partial charge in [0.1, 0.15) is 0 Å². The number of furan rings is 1. The SMILES string of the molecule is CC(CCCN)C(=O)c1cc2cccc(Cl)c2o1. The highest BCUT2D eigenvalue weighted by atomic mass is 35.5. The smallest absolute Gasteiger partial charge is 0.200 e. The molecule has 1 heterocycles. The molecule has 0 spiro atoms. The lowest BCUT2D eigenvalue weighted by Gasteiger charge is -2.06. The lowest BCUT2D eigenvalue weighted by molar-refractivity contribution is 0.0897. The van der Waals surface area contributed by atoms with Crippen molar-refractivity contribution in [2.45, 2.75) is 19.8 Å². The predicted octanol–water partition coefficient (Wildman–Crippen LogP) is 3.64. The molecule has 1 aromatic carbocycles. The highest BCUT2D eigenvalue weighted by molar-refractivity contribution is 6.34. The van der Waals surface area contributed by atoms with Gasteiger partial charge in [-0.15, -0.1) is 0 Å². The number of hydrogen-bond acceptors (Lipinski definition) is 3. The number of nitrogens with two attached hydrogens (primary N) is 1. The number of ketones is 1. The molecule has 0 radical (unpaired) electrons. The van der Waals surface area contributed by atoms with Crippen LogP contribution in [-0.4, -0.2) is 12.3 Å². The number of hydrogen-bond donors (Lipinski definition) is 1. The summed E-state index contributed by atoms with van der Waals surface area (Å²) in [5, 5.41) is 1.39. The molecule has 1 unspecified atom stereocenters. The van der Waals surface area contributed by atoms with Gasteiger partial charge in [-0.2, -0.15) is 0 Å². The first-order valence-electron chi connectivity index (χ1n) is 6.06. The molecule has 0 amide bonds. The van der Waals surface area contributed by atoms with Crippen LogP contribution < -0.4 is 5.73 Å². The van der Waals surface area contributed by atoms with Crippen LogP contribution in [-0.2, 0) is 0 Å². The minimum absolute atomic E-state index is 0.00992. The number of carbonyl (C=O) groups is 1. The largest absolute Gasteiger partial charge is 0.451 e. The van der Waals surface area contributed by atoms with Crippen LogP contribution in [0.15, 0.2) is 28.7 Å². The van der Waals surface area contributed by atoms with E-state index < -0.39 is 0 Å². The van der Waals surface area contributed by atoms with Gasteiger partial charge in [0.25, 0.3) is 0 Å². The molecule has 2 N–H and O–H groups in total. The molecule has 0 fully saturated rings. The van der Waals surface area contributed by atoms with Crippen molar-refractivity contribution in [3.8, 4) is 0 Å². The predicted molar refractivity (Wildman–Crippen MR) is 73.0 cm³/mol. The molecule has 1 atom stereocenters. The van der Waals surface area contributed by atoms with E-state index >= 15 is 0 Å². The minimum Gasteiger partial charge on any atom is -0.451 e. The van der Waals surface area contributed by atoms with E-state index in [1.54, 1.807) is 12.1 Å². The Morgan fingerprint density at radius 1 is 1.50 bits per heavy atom. The summed E-state index contributed by atoms with van der Waals surface area (Å²) in [6.45, 7) is 2.50. The van der Waals surface area contributed by atoms with Crippen LogP contribution in [0, 0.1) is 5.92 Å². The van der Waals surface area contributed by atoms with E-state index in [-0.39, 0.29) is 11.7 Å². The summed E-state index contributed by atoms with van der Waals surface area (Å²) in [4.78, 5) is 12.2. The zero-order valence-corrected chi connectivity index (χ0v) is 11.0. The molecule has 2 aromatic rings. The molecular weight excluding hydrogens is 250 g/mol. The highest BCUT2D eigenvalue weighted by Crippen LogP contribution is 2.28. The third-order valence-corrected chi connectivity index (χ3v) is 3.33. The molecule has 0 saturated heterocycles. The molecule has 3 nitrogen and oxygen atoms in total. The fourth-order valence-electron chi connectivity index (χ4n) is 1.95. The van der Waals surface area contributed by atoms with Crippen LogP contribution >= 0.6 is 11.6 Å². The van der Waals surface area contributed by atoms with Gasteiger partial charge in [0.15, 0.2) is 11.3 Å². The Labute approximate surface area is 111 Å². The van der Waals surface area contributed by atoms with E-state index in [2.05, 4.69) is 0 Å². The third-order valence-electron chi connectivity index (χ3n) is 3.03. The van der Waals surface area contributed by atoms with Crippen molar-refractivity contribution >= 4 is 28.4 Å². The van der Waals surface area contributed by atoms with Crippen molar-refractivity contribution in [1.29, 1.82) is 0 Å². The first-order valence-corrected chi connectivity index (χ1v) is 6.43. The molecule has 18 heavy (non-hydrogen) atoms. The quantitative estimate of drug-likeness (QED) is 0.840. The Kier molecular flexibility index (Phi) is 4.04. The first-order chi connectivity index (χ1) is 8.63. The fraction of sp³-hybridized carbons (Fsp3) is 0.357. The lowest BCUT2D eigenvalue weighted by atomic mass is 9.99. The molecule has 0 aliphatic carbocycles. The zero-order chi connectivity index (χ0) is 13.1. The maximum absolute atomic E-state index is 12.2. The summed E-state index contributed by atoms with van der Waals surface area (Å²) in [6, 6.07) is 7.22. The second kappa shape index (κ2) is 5.55. The molecule has 0 aliphatic rings. The van der Waals surface area contributed by atoms with Crippen LogP contribution in [0.1, 0.15) is 30.3 Å². The summed E-state index contributed by atoms with van der Waals surface area (Å²) < 4.78 is 5.55. The maximum Gasteiger partial charge on any atom is 0.200 e. The van der Waals surface area contributed by atoms with E-state index in [0.717, 1.165) is 18.2 Å². The van der Waals surface area contributed by atoms with E-state index in [1.807, 2.05) is 19.1 Å². The van der Waals surface area contributed by atoms with Crippen LogP contribution in [0.3, 0.4) is 0 Å². The Hall–Kier alpha value is -1.32. The van der Waals surface area contributed by atoms with Gasteiger partial charge in [-0.3, -0.25) is 4.79 Å². The van der Waals surface area contributed by atoms with Crippen LogP contribution in [0.25, 0.3) is 11.0 Å². The summed E-state index contributed by atoms with van der Waals surface area (Å²) in [5.41, 5.74) is 6.02. The average molecular weight is 266 g/mol. The van der Waals surface area contributed by atoms with Gasteiger partial charge < -0.3 is 10.2 Å². The second-order valence-corrected chi connectivity index (χ2v) is 4.87. The molecule has 96 valence electrons. The molecule has 0 aliphatic heterocycles. The minimum atomic E-state index is -0.0760. The third kappa shape index (κ3) is 2.57. The molecule has 2 rings (SSSR count). The van der Waals surface area contributed by atoms with Gasteiger partial charge in [-0.25, -0.2) is 0 Å². The van der Waals surface area contributed by atoms with Crippen molar-refractivity contribution < 1.29 is 9.21 Å². The van der Waals surface area contributed by atoms with Crippen molar-refractivity contribution in [3.05, 3.63) is 35.0 Å². The Bertz CT molecular complexity index is 562. The second-order valence-electron chi connectivity index (χ2n) is 4.47. The number of fused-ring (bicyclic) bond motifs is 1. The standard InChI is InChI=1S/C14H16ClNO2/c1-9(4-3-7-16)13(17)12-8-10-5-2-6-11(15)14(10)18-12/h2,5-6,8-9H,3-4,7,16H2,1H3. The van der Waals surface area contributed by atoms with Crippen molar-refractivity contribution in [2.24, 2.45) is 11.7 Å². The van der Waals surface area contributed by atoms with Crippen molar-refractivity contribution in [3.63, 3.8) is 0 Å². The van der Waals surface area contributed by atoms with Gasteiger partial charge in [-0.1, -0.05) is 30.7 Å². The normalized spacial score (nSPS) is 12.8. The summed E-state index contributed by atoms with van der Waals surface area (Å²) in [5.74, 6) is 0.311. The first kappa shape index (κ1) is 13.1. The summed E-state index contributed by atoms with van der Waals surface area (Å²) >= 11 is 6.02. The van der Waals surface area contributed by atoms with Gasteiger partial charge in [0, 0.05) is 11.3 Å². The number of rotatable bonds is 5. The van der Waals surface area contributed by atoms with Crippen LogP contribution in [0.5, 0.6) is 0 Å². The number of carbonyl (C=O) groups excluding carboxylic acids is 1. The van der Waals surface area contributed by atoms with Gasteiger partial charge in [-0.05, 0) is 31.5 Å². The van der Waals surface area contributed by atoms with E-state index in [9.17, 15) is 4.79 Å². The summed E-state index contributed by atoms with van der Waals surface area (Å²) in [6.07, 6.45) is 1.62. The zero-order valence-electron chi connectivity index (χ0n) is 10.3. The van der Waals surface area contributed by atoms with Crippen molar-refractivity contribution in [2.75, 3.05) is 6.54 Å². The highest BCUT2D eigenvalue weighted by Gasteiger charge is 2.19.